The summed E-state index contributed by atoms with van der Waals surface area (Å²) in [5, 5.41) is 120. The van der Waals surface area contributed by atoms with Crippen molar-refractivity contribution in [1.82, 2.24) is 5.32 Å². The van der Waals surface area contributed by atoms with Gasteiger partial charge in [0.15, 0.2) is 18.9 Å². The van der Waals surface area contributed by atoms with Crippen molar-refractivity contribution in [3.63, 3.8) is 0 Å². The van der Waals surface area contributed by atoms with E-state index in [9.17, 15) is 61.0 Å². The Balaban J connectivity index is 1.52. The van der Waals surface area contributed by atoms with Gasteiger partial charge in [-0.05, 0) is 51.4 Å². The van der Waals surface area contributed by atoms with E-state index in [1.807, 2.05) is 6.08 Å². The van der Waals surface area contributed by atoms with Crippen LogP contribution in [0, 0.1) is 0 Å². The van der Waals surface area contributed by atoms with E-state index in [4.69, 9.17) is 28.4 Å². The summed E-state index contributed by atoms with van der Waals surface area (Å²) in [6.45, 7) is 1.59. The molecule has 3 fully saturated rings. The lowest BCUT2D eigenvalue weighted by Crippen LogP contribution is -2.66. The first kappa shape index (κ1) is 70.0. The Morgan fingerprint density at radius 3 is 1.38 bits per heavy atom. The number of carbonyl (C=O) groups excluding carboxylic acids is 1. The highest BCUT2D eigenvalue weighted by Crippen LogP contribution is 2.33. The first-order valence-corrected chi connectivity index (χ1v) is 29.9. The fourth-order valence-electron chi connectivity index (χ4n) is 9.97. The highest BCUT2D eigenvalue weighted by Gasteiger charge is 2.53. The number of aliphatic hydroxyl groups is 11. The summed E-state index contributed by atoms with van der Waals surface area (Å²) in [5.74, 6) is -0.294. The molecule has 0 aromatic heterocycles. The van der Waals surface area contributed by atoms with Crippen molar-refractivity contribution < 1.29 is 89.4 Å². The molecule has 3 saturated heterocycles. The number of hydrogen-bond donors (Lipinski definition) is 12. The van der Waals surface area contributed by atoms with Gasteiger partial charge in [-0.25, -0.2) is 0 Å². The van der Waals surface area contributed by atoms with E-state index in [1.165, 1.54) is 83.5 Å². The topological polar surface area (TPSA) is 307 Å². The number of allylic oxidation sites excluding steroid dienone is 7. The van der Waals surface area contributed by atoms with Crippen LogP contribution in [0.15, 0.2) is 48.6 Å². The van der Waals surface area contributed by atoms with Crippen LogP contribution in [0.2, 0.25) is 0 Å². The second kappa shape index (κ2) is 42.6. The molecule has 3 aliphatic heterocycles. The third kappa shape index (κ3) is 26.3. The summed E-state index contributed by atoms with van der Waals surface area (Å²) < 4.78 is 34.2. The van der Waals surface area contributed by atoms with Crippen molar-refractivity contribution in [2.75, 3.05) is 26.4 Å². The Kier molecular flexibility index (Phi) is 38.2. The Labute approximate surface area is 465 Å². The van der Waals surface area contributed by atoms with Crippen LogP contribution in [0.4, 0.5) is 0 Å². The Morgan fingerprint density at radius 2 is 0.885 bits per heavy atom. The van der Waals surface area contributed by atoms with Gasteiger partial charge in [-0.1, -0.05) is 178 Å². The molecule has 0 aromatic rings. The van der Waals surface area contributed by atoms with Crippen molar-refractivity contribution in [3.8, 4) is 0 Å². The van der Waals surface area contributed by atoms with E-state index >= 15 is 0 Å². The lowest BCUT2D eigenvalue weighted by atomic mass is 9.96. The minimum Gasteiger partial charge on any atom is -0.394 e. The summed E-state index contributed by atoms with van der Waals surface area (Å²) in [7, 11) is 0. The lowest BCUT2D eigenvalue weighted by Gasteiger charge is -2.48. The minimum absolute atomic E-state index is 0.222. The molecule has 12 N–H and O–H groups in total. The first-order chi connectivity index (χ1) is 37.8. The first-order valence-electron chi connectivity index (χ1n) is 29.9. The van der Waals surface area contributed by atoms with Crippen molar-refractivity contribution >= 4 is 5.91 Å². The van der Waals surface area contributed by atoms with E-state index in [1.54, 1.807) is 6.08 Å². The quantitative estimate of drug-likeness (QED) is 0.0279. The van der Waals surface area contributed by atoms with Gasteiger partial charge >= 0.3 is 0 Å². The van der Waals surface area contributed by atoms with E-state index < -0.39 is 124 Å². The Hall–Kier alpha value is -2.25. The zero-order valence-corrected chi connectivity index (χ0v) is 47.1. The van der Waals surface area contributed by atoms with Crippen LogP contribution in [0.3, 0.4) is 0 Å². The maximum atomic E-state index is 13.3. The van der Waals surface area contributed by atoms with Gasteiger partial charge in [0.05, 0.1) is 38.6 Å². The monoisotopic (exact) mass is 1120 g/mol. The molecule has 0 saturated carbocycles. The van der Waals surface area contributed by atoms with Gasteiger partial charge in [-0.2, -0.15) is 0 Å². The fourth-order valence-corrected chi connectivity index (χ4v) is 9.97. The fraction of sp³-hybridized carbons (Fsp3) is 0.847. The van der Waals surface area contributed by atoms with Crippen LogP contribution in [0.5, 0.6) is 0 Å². The van der Waals surface area contributed by atoms with Gasteiger partial charge in [0.1, 0.15) is 73.2 Å². The normalized spacial score (nSPS) is 30.8. The Morgan fingerprint density at radius 1 is 0.474 bits per heavy atom. The third-order valence-corrected chi connectivity index (χ3v) is 14.9. The van der Waals surface area contributed by atoms with Gasteiger partial charge in [0.25, 0.3) is 0 Å². The average Bonchev–Trinajstić information content (AvgIpc) is 3.47. The van der Waals surface area contributed by atoms with Crippen molar-refractivity contribution in [3.05, 3.63) is 48.6 Å². The van der Waals surface area contributed by atoms with E-state index in [0.29, 0.717) is 6.42 Å². The number of ether oxygens (including phenoxy) is 6. The predicted molar refractivity (Wildman–Crippen MR) is 295 cm³/mol. The predicted octanol–water partition coefficient (Wildman–Crippen LogP) is 5.09. The van der Waals surface area contributed by atoms with E-state index in [0.717, 1.165) is 77.0 Å². The van der Waals surface area contributed by atoms with Crippen LogP contribution < -0.4 is 5.32 Å². The molecule has 3 heterocycles. The number of amides is 1. The van der Waals surface area contributed by atoms with Crippen molar-refractivity contribution in [2.45, 2.75) is 291 Å². The second-order valence-corrected chi connectivity index (χ2v) is 21.4. The van der Waals surface area contributed by atoms with Crippen molar-refractivity contribution in [1.29, 1.82) is 0 Å². The lowest BCUT2D eigenvalue weighted by molar-refractivity contribution is -0.379. The highest BCUT2D eigenvalue weighted by atomic mass is 16.8. The van der Waals surface area contributed by atoms with Crippen LogP contribution in [0.1, 0.15) is 187 Å². The van der Waals surface area contributed by atoms with Gasteiger partial charge in [-0.15, -0.1) is 0 Å². The minimum atomic E-state index is -1.98. The van der Waals surface area contributed by atoms with Gasteiger partial charge < -0.3 is 89.9 Å². The molecular weight excluding hydrogens is 1010 g/mol. The number of nitrogens with one attached hydrogen (secondary N) is 1. The molecule has 19 nitrogen and oxygen atoms in total. The Bertz CT molecular complexity index is 1620. The standard InChI is InChI=1S/C59H105NO18/c1-3-5-7-9-11-13-15-17-19-20-21-23-24-26-28-30-32-34-36-43(64)42(60-47(65)37-35-33-31-29-27-25-22-18-16-14-12-10-8-6-4-2)41-73-57-53(71)50(68)55(45(39-62)75-57)78-59-54(72)51(69)56(46(40-63)76-59)77-58-52(70)49(67)48(66)44(38-61)74-58/h6,8,12,14,18,22,34,36,42-46,48-59,61-64,66-72H,3-5,7,9-11,13,15-17,19-21,23-33,35,37-41H2,1-2H3,(H,60,65)/b8-6-,14-12-,22-18-,36-34+. The smallest absolute Gasteiger partial charge is 0.220 e. The number of rotatable bonds is 43. The zero-order chi connectivity index (χ0) is 56.9. The van der Waals surface area contributed by atoms with Crippen LogP contribution in [-0.2, 0) is 33.2 Å². The number of hydrogen-bond acceptors (Lipinski definition) is 18. The molecule has 454 valence electrons. The maximum Gasteiger partial charge on any atom is 0.220 e. The van der Waals surface area contributed by atoms with Gasteiger partial charge in [-0.3, -0.25) is 4.79 Å². The molecule has 3 rings (SSSR count). The third-order valence-electron chi connectivity index (χ3n) is 14.9. The molecule has 0 aromatic carbocycles. The number of unbranched alkanes of at least 4 members (excludes halogenated alkanes) is 21. The molecule has 0 bridgehead atoms. The molecule has 78 heavy (non-hydrogen) atoms. The van der Waals surface area contributed by atoms with Crippen LogP contribution >= 0.6 is 0 Å². The molecule has 0 spiro atoms. The SMILES string of the molecule is CC/C=C\C/C=C\C/C=C\CCCCCCCC(=O)NC(COC1OC(CO)C(OC2OC(CO)C(OC3OC(CO)C(O)C(O)C3O)C(O)C2O)C(O)C1O)C(O)/C=C/CCCCCCCCCCCCCCCCCC. The number of aliphatic hydroxyl groups excluding tert-OH is 11. The summed E-state index contributed by atoms with van der Waals surface area (Å²) in [4.78, 5) is 13.3. The molecule has 17 atom stereocenters. The molecule has 3 aliphatic rings. The molecule has 0 aliphatic carbocycles. The van der Waals surface area contributed by atoms with E-state index in [2.05, 4.69) is 55.6 Å². The number of carbonyl (C=O) groups is 1. The average molecular weight is 1120 g/mol. The molecule has 17 unspecified atom stereocenters. The summed E-state index contributed by atoms with van der Waals surface area (Å²) >= 11 is 0. The summed E-state index contributed by atoms with van der Waals surface area (Å²) in [5.41, 5.74) is 0. The zero-order valence-electron chi connectivity index (χ0n) is 47.1. The molecule has 0 radical (unpaired) electrons. The van der Waals surface area contributed by atoms with E-state index in [-0.39, 0.29) is 18.9 Å². The van der Waals surface area contributed by atoms with Crippen LogP contribution in [0.25, 0.3) is 0 Å². The largest absolute Gasteiger partial charge is 0.394 e. The molecule has 19 heteroatoms. The van der Waals surface area contributed by atoms with Crippen molar-refractivity contribution in [2.24, 2.45) is 0 Å². The van der Waals surface area contributed by atoms with Gasteiger partial charge in [0.2, 0.25) is 5.91 Å². The molecule has 1 amide bonds. The summed E-state index contributed by atoms with van der Waals surface area (Å²) in [6, 6.07) is -0.982. The molecular formula is C59H105NO18. The van der Waals surface area contributed by atoms with Crippen LogP contribution in [-0.4, -0.2) is 193 Å². The maximum absolute atomic E-state index is 13.3. The summed E-state index contributed by atoms with van der Waals surface area (Å²) in [6.07, 6.45) is 19.5. The highest BCUT2D eigenvalue weighted by molar-refractivity contribution is 5.76. The van der Waals surface area contributed by atoms with Gasteiger partial charge in [0, 0.05) is 6.42 Å². The second-order valence-electron chi connectivity index (χ2n) is 21.4.